The molecule has 0 radical (unpaired) electrons. The molecule has 1 amide bonds. The van der Waals surface area contributed by atoms with Crippen molar-refractivity contribution in [1.29, 1.82) is 0 Å². The summed E-state index contributed by atoms with van der Waals surface area (Å²) in [6.07, 6.45) is 0.106. The van der Waals surface area contributed by atoms with Crippen LogP contribution in [0.4, 0.5) is 0 Å². The zero-order valence-corrected chi connectivity index (χ0v) is 9.49. The van der Waals surface area contributed by atoms with E-state index in [2.05, 4.69) is 5.32 Å². The van der Waals surface area contributed by atoms with E-state index < -0.39 is 0 Å². The van der Waals surface area contributed by atoms with Crippen molar-refractivity contribution in [3.05, 3.63) is 0 Å². The fraction of sp³-hybridized carbons (Fsp3) is 0.900. The number of hydrogen-bond donors (Lipinski definition) is 1. The number of carbonyl (C=O) groups excluding carboxylic acids is 1. The summed E-state index contributed by atoms with van der Waals surface area (Å²) in [7, 11) is 1.78. The van der Waals surface area contributed by atoms with Gasteiger partial charge < -0.3 is 19.7 Å². The highest BCUT2D eigenvalue weighted by atomic mass is 16.5. The Morgan fingerprint density at radius 3 is 3.07 bits per heavy atom. The van der Waals surface area contributed by atoms with Crippen LogP contribution >= 0.6 is 0 Å². The van der Waals surface area contributed by atoms with Gasteiger partial charge in [0.05, 0.1) is 12.7 Å². The summed E-state index contributed by atoms with van der Waals surface area (Å²) in [5.74, 6) is 0.00558. The van der Waals surface area contributed by atoms with Gasteiger partial charge in [0, 0.05) is 33.3 Å². The van der Waals surface area contributed by atoms with Crippen LogP contribution in [0.2, 0.25) is 0 Å². The first-order valence-corrected chi connectivity index (χ1v) is 5.38. The van der Waals surface area contributed by atoms with E-state index in [-0.39, 0.29) is 18.6 Å². The molecule has 0 aliphatic carbocycles. The monoisotopic (exact) mass is 216 g/mol. The summed E-state index contributed by atoms with van der Waals surface area (Å²) < 4.78 is 10.6. The molecular weight excluding hydrogens is 196 g/mol. The molecule has 0 aromatic rings. The van der Waals surface area contributed by atoms with Gasteiger partial charge in [-0.1, -0.05) is 0 Å². The van der Waals surface area contributed by atoms with Crippen LogP contribution in [0.3, 0.4) is 0 Å². The maximum absolute atomic E-state index is 11.5. The van der Waals surface area contributed by atoms with Crippen LogP contribution in [0.5, 0.6) is 0 Å². The van der Waals surface area contributed by atoms with Gasteiger partial charge in [-0.15, -0.1) is 0 Å². The number of morpholine rings is 1. The molecule has 88 valence electrons. The van der Waals surface area contributed by atoms with Gasteiger partial charge in [0.25, 0.3) is 0 Å². The summed E-state index contributed by atoms with van der Waals surface area (Å²) in [4.78, 5) is 13.2. The molecule has 1 rings (SSSR count). The minimum absolute atomic E-state index is 0.00558. The third-order valence-electron chi connectivity index (χ3n) is 2.34. The van der Waals surface area contributed by atoms with Crippen molar-refractivity contribution in [2.75, 3.05) is 46.5 Å². The summed E-state index contributed by atoms with van der Waals surface area (Å²) in [5, 5.41) is 3.23. The molecule has 1 aliphatic heterocycles. The summed E-state index contributed by atoms with van der Waals surface area (Å²) >= 11 is 0. The largest absolute Gasteiger partial charge is 0.374 e. The van der Waals surface area contributed by atoms with Crippen LogP contribution in [0.1, 0.15) is 6.92 Å². The first-order valence-electron chi connectivity index (χ1n) is 5.38. The lowest BCUT2D eigenvalue weighted by Gasteiger charge is -2.27. The second-order valence-corrected chi connectivity index (χ2v) is 3.61. The Morgan fingerprint density at radius 1 is 1.67 bits per heavy atom. The van der Waals surface area contributed by atoms with E-state index in [1.165, 1.54) is 0 Å². The Morgan fingerprint density at radius 2 is 2.47 bits per heavy atom. The van der Waals surface area contributed by atoms with Crippen LogP contribution in [-0.2, 0) is 14.3 Å². The quantitative estimate of drug-likeness (QED) is 0.671. The smallest absolute Gasteiger partial charge is 0.248 e. The van der Waals surface area contributed by atoms with E-state index in [0.29, 0.717) is 13.2 Å². The number of carbonyl (C=O) groups is 1. The van der Waals surface area contributed by atoms with Crippen molar-refractivity contribution in [2.24, 2.45) is 0 Å². The molecule has 5 nitrogen and oxygen atoms in total. The first-order chi connectivity index (χ1) is 7.24. The third kappa shape index (κ3) is 4.59. The van der Waals surface area contributed by atoms with Crippen molar-refractivity contribution < 1.29 is 14.3 Å². The van der Waals surface area contributed by atoms with Gasteiger partial charge in [0.15, 0.2) is 0 Å². The van der Waals surface area contributed by atoms with Crippen LogP contribution in [0.15, 0.2) is 0 Å². The van der Waals surface area contributed by atoms with E-state index in [4.69, 9.17) is 9.47 Å². The predicted molar refractivity (Wildman–Crippen MR) is 56.7 cm³/mol. The Kier molecular flexibility index (Phi) is 5.60. The zero-order chi connectivity index (χ0) is 11.1. The Bertz CT molecular complexity index is 193. The van der Waals surface area contributed by atoms with E-state index >= 15 is 0 Å². The summed E-state index contributed by atoms with van der Waals surface area (Å²) in [6.45, 7) is 5.66. The lowest BCUT2D eigenvalue weighted by Crippen LogP contribution is -2.46. The topological polar surface area (TPSA) is 50.8 Å². The van der Waals surface area contributed by atoms with Crippen LogP contribution in [0.25, 0.3) is 0 Å². The molecule has 0 spiro atoms. The Hall–Kier alpha value is -0.650. The maximum Gasteiger partial charge on any atom is 0.248 e. The van der Waals surface area contributed by atoms with Gasteiger partial charge in [0.1, 0.15) is 6.61 Å². The minimum atomic E-state index is 0.00558. The number of likely N-dealkylation sites (N-methyl/N-ethyl adjacent to an activating group) is 1. The van der Waals surface area contributed by atoms with Crippen molar-refractivity contribution in [2.45, 2.75) is 13.0 Å². The Labute approximate surface area is 90.7 Å². The number of hydrogen-bond acceptors (Lipinski definition) is 4. The molecule has 1 N–H and O–H groups in total. The minimum Gasteiger partial charge on any atom is -0.374 e. The molecule has 5 heteroatoms. The fourth-order valence-electron chi connectivity index (χ4n) is 1.44. The molecule has 0 saturated carbocycles. The van der Waals surface area contributed by atoms with Gasteiger partial charge >= 0.3 is 0 Å². The number of nitrogens with zero attached hydrogens (tertiary/aromatic N) is 1. The van der Waals surface area contributed by atoms with E-state index in [1.807, 2.05) is 6.92 Å². The van der Waals surface area contributed by atoms with Crippen molar-refractivity contribution >= 4 is 5.91 Å². The van der Waals surface area contributed by atoms with Gasteiger partial charge in [-0.05, 0) is 6.92 Å². The molecular formula is C10H20N2O3. The molecule has 1 unspecified atom stereocenters. The van der Waals surface area contributed by atoms with Gasteiger partial charge in [-0.25, -0.2) is 0 Å². The van der Waals surface area contributed by atoms with Crippen molar-refractivity contribution in [1.82, 2.24) is 10.2 Å². The van der Waals surface area contributed by atoms with Crippen molar-refractivity contribution in [3.8, 4) is 0 Å². The number of rotatable bonds is 5. The first kappa shape index (κ1) is 12.4. The summed E-state index contributed by atoms with van der Waals surface area (Å²) in [6, 6.07) is 0. The lowest BCUT2D eigenvalue weighted by molar-refractivity contribution is -0.136. The molecule has 0 aromatic heterocycles. The molecule has 1 aliphatic rings. The fourth-order valence-corrected chi connectivity index (χ4v) is 1.44. The molecule has 0 aromatic carbocycles. The van der Waals surface area contributed by atoms with Crippen LogP contribution in [-0.4, -0.2) is 63.4 Å². The van der Waals surface area contributed by atoms with Gasteiger partial charge in [0.2, 0.25) is 5.91 Å². The SMILES string of the molecule is CCOCC(=O)N(C)CC1CNCCO1. The van der Waals surface area contributed by atoms with E-state index in [9.17, 15) is 4.79 Å². The van der Waals surface area contributed by atoms with Crippen LogP contribution < -0.4 is 5.32 Å². The highest BCUT2D eigenvalue weighted by Gasteiger charge is 2.18. The molecule has 0 bridgehead atoms. The lowest BCUT2D eigenvalue weighted by atomic mass is 10.3. The van der Waals surface area contributed by atoms with E-state index in [0.717, 1.165) is 19.7 Å². The van der Waals surface area contributed by atoms with Gasteiger partial charge in [-0.2, -0.15) is 0 Å². The maximum atomic E-state index is 11.5. The van der Waals surface area contributed by atoms with E-state index in [1.54, 1.807) is 11.9 Å². The van der Waals surface area contributed by atoms with Crippen LogP contribution in [0, 0.1) is 0 Å². The predicted octanol–water partition coefficient (Wildman–Crippen LogP) is -0.530. The third-order valence-corrected chi connectivity index (χ3v) is 2.34. The highest BCUT2D eigenvalue weighted by Crippen LogP contribution is 1.99. The summed E-state index contributed by atoms with van der Waals surface area (Å²) in [5.41, 5.74) is 0. The van der Waals surface area contributed by atoms with Crippen molar-refractivity contribution in [3.63, 3.8) is 0 Å². The number of ether oxygens (including phenoxy) is 2. The number of nitrogens with one attached hydrogen (secondary N) is 1. The second-order valence-electron chi connectivity index (χ2n) is 3.61. The average molecular weight is 216 g/mol. The molecule has 1 fully saturated rings. The molecule has 1 atom stereocenters. The molecule has 1 saturated heterocycles. The standard InChI is InChI=1S/C10H20N2O3/c1-3-14-8-10(13)12(2)7-9-6-11-4-5-15-9/h9,11H,3-8H2,1-2H3. The number of amides is 1. The molecule has 1 heterocycles. The second kappa shape index (κ2) is 6.76. The molecule has 15 heavy (non-hydrogen) atoms. The highest BCUT2D eigenvalue weighted by molar-refractivity contribution is 5.77. The Balaban J connectivity index is 2.20. The zero-order valence-electron chi connectivity index (χ0n) is 9.49. The van der Waals surface area contributed by atoms with Gasteiger partial charge in [-0.3, -0.25) is 4.79 Å². The average Bonchev–Trinajstić information content (AvgIpc) is 2.27. The normalized spacial score (nSPS) is 21.3.